The molecule has 7 nitrogen and oxygen atoms in total. The van der Waals surface area contributed by atoms with Crippen LogP contribution < -0.4 is 0 Å². The zero-order chi connectivity index (χ0) is 20.5. The molecule has 1 aromatic carbocycles. The molecule has 0 aliphatic carbocycles. The van der Waals surface area contributed by atoms with Crippen molar-refractivity contribution in [2.24, 2.45) is 7.05 Å². The van der Waals surface area contributed by atoms with Crippen LogP contribution in [0.3, 0.4) is 0 Å². The van der Waals surface area contributed by atoms with Crippen LogP contribution in [0.4, 0.5) is 0 Å². The largest absolute Gasteiger partial charge is 0.377 e. The Morgan fingerprint density at radius 3 is 2.62 bits per heavy atom. The van der Waals surface area contributed by atoms with Crippen molar-refractivity contribution in [3.8, 4) is 0 Å². The first-order valence-corrected chi connectivity index (χ1v) is 9.92. The second-order valence-corrected chi connectivity index (χ2v) is 7.58. The summed E-state index contributed by atoms with van der Waals surface area (Å²) in [6.45, 7) is 8.28. The smallest absolute Gasteiger partial charge is 0.257 e. The zero-order valence-electron chi connectivity index (χ0n) is 17.4. The molecule has 4 rings (SSSR count). The van der Waals surface area contributed by atoms with Gasteiger partial charge in [0.1, 0.15) is 0 Å². The third-order valence-corrected chi connectivity index (χ3v) is 5.80. The van der Waals surface area contributed by atoms with E-state index in [2.05, 4.69) is 24.2 Å². The summed E-state index contributed by atoms with van der Waals surface area (Å²) >= 11 is 0. The molecule has 0 radical (unpaired) electrons. The van der Waals surface area contributed by atoms with Gasteiger partial charge >= 0.3 is 0 Å². The van der Waals surface area contributed by atoms with Crippen LogP contribution in [0, 0.1) is 20.8 Å². The van der Waals surface area contributed by atoms with E-state index in [-0.39, 0.29) is 11.9 Å². The van der Waals surface area contributed by atoms with Gasteiger partial charge in [0.05, 0.1) is 43.3 Å². The molecule has 1 fully saturated rings. The van der Waals surface area contributed by atoms with Crippen molar-refractivity contribution >= 4 is 5.91 Å². The van der Waals surface area contributed by atoms with E-state index in [1.807, 2.05) is 48.7 Å². The molecule has 3 heterocycles. The highest BCUT2D eigenvalue weighted by Gasteiger charge is 2.34. The Labute approximate surface area is 170 Å². The van der Waals surface area contributed by atoms with Gasteiger partial charge in [-0.3, -0.25) is 14.2 Å². The Bertz CT molecular complexity index is 1020. The van der Waals surface area contributed by atoms with Crippen LogP contribution in [0.15, 0.2) is 36.5 Å². The first kappa shape index (κ1) is 19.4. The molecular formula is C22H27N5O2. The number of aromatic nitrogens is 4. The third-order valence-electron chi connectivity index (χ3n) is 5.80. The molecular weight excluding hydrogens is 366 g/mol. The fraction of sp³-hybridized carbons (Fsp3) is 0.409. The second kappa shape index (κ2) is 7.83. The number of hydrogen-bond donors (Lipinski definition) is 0. The van der Waals surface area contributed by atoms with Gasteiger partial charge in [0, 0.05) is 30.5 Å². The molecule has 7 heteroatoms. The van der Waals surface area contributed by atoms with Crippen molar-refractivity contribution in [3.63, 3.8) is 0 Å². The summed E-state index contributed by atoms with van der Waals surface area (Å²) in [6, 6.07) is 10.1. The number of carbonyl (C=O) groups is 1. The average molecular weight is 393 g/mol. The number of morpholine rings is 1. The summed E-state index contributed by atoms with van der Waals surface area (Å²) in [7, 11) is 1.85. The predicted octanol–water partition coefficient (Wildman–Crippen LogP) is 2.80. The maximum absolute atomic E-state index is 13.3. The van der Waals surface area contributed by atoms with E-state index in [0.717, 1.165) is 22.6 Å². The topological polar surface area (TPSA) is 65.2 Å². The minimum absolute atomic E-state index is 0.00138. The number of benzene rings is 1. The number of ether oxygens (including phenoxy) is 1. The molecule has 3 aromatic rings. The van der Waals surface area contributed by atoms with Gasteiger partial charge in [0.15, 0.2) is 0 Å². The molecule has 1 saturated heterocycles. The standard InChI is InChI=1S/C22H27N5O2/c1-15-21(17(3)27(24-15)13-18-8-6-5-7-9-18)20-14-29-11-10-26(20)22(28)19-12-23-25(4)16(19)2/h5-9,12,20H,10-11,13-14H2,1-4H3. The second-order valence-electron chi connectivity index (χ2n) is 7.58. The quantitative estimate of drug-likeness (QED) is 0.684. The first-order chi connectivity index (χ1) is 14.0. The molecule has 1 atom stereocenters. The Hall–Kier alpha value is -2.93. The first-order valence-electron chi connectivity index (χ1n) is 9.92. The van der Waals surface area contributed by atoms with Gasteiger partial charge in [-0.2, -0.15) is 10.2 Å². The number of hydrogen-bond acceptors (Lipinski definition) is 4. The van der Waals surface area contributed by atoms with Crippen molar-refractivity contribution in [1.82, 2.24) is 24.5 Å². The summed E-state index contributed by atoms with van der Waals surface area (Å²) in [5.41, 5.74) is 5.80. The highest BCUT2D eigenvalue weighted by Crippen LogP contribution is 2.31. The monoisotopic (exact) mass is 393 g/mol. The lowest BCUT2D eigenvalue weighted by molar-refractivity contribution is -0.00310. The lowest BCUT2D eigenvalue weighted by Crippen LogP contribution is -2.44. The summed E-state index contributed by atoms with van der Waals surface area (Å²) in [5.74, 6) is -0.00138. The van der Waals surface area contributed by atoms with Crippen molar-refractivity contribution < 1.29 is 9.53 Å². The molecule has 0 bridgehead atoms. The van der Waals surface area contributed by atoms with E-state index >= 15 is 0 Å². The number of amides is 1. The number of rotatable bonds is 4. The maximum atomic E-state index is 13.3. The van der Waals surface area contributed by atoms with Gasteiger partial charge in [-0.05, 0) is 26.3 Å². The van der Waals surface area contributed by atoms with Crippen LogP contribution in [0.25, 0.3) is 0 Å². The molecule has 0 spiro atoms. The van der Waals surface area contributed by atoms with Crippen LogP contribution in [0.5, 0.6) is 0 Å². The van der Waals surface area contributed by atoms with E-state index < -0.39 is 0 Å². The SMILES string of the molecule is Cc1nn(Cc2ccccc2)c(C)c1C1COCCN1C(=O)c1cnn(C)c1C. The van der Waals surface area contributed by atoms with E-state index in [1.165, 1.54) is 5.56 Å². The normalized spacial score (nSPS) is 17.0. The molecule has 0 saturated carbocycles. The minimum atomic E-state index is -0.152. The molecule has 1 aliphatic heterocycles. The van der Waals surface area contributed by atoms with E-state index in [0.29, 0.717) is 31.9 Å². The van der Waals surface area contributed by atoms with Gasteiger partial charge in [-0.25, -0.2) is 0 Å². The van der Waals surface area contributed by atoms with Crippen LogP contribution in [-0.4, -0.2) is 50.1 Å². The zero-order valence-corrected chi connectivity index (χ0v) is 17.4. The lowest BCUT2D eigenvalue weighted by atomic mass is 10.0. The van der Waals surface area contributed by atoms with Crippen LogP contribution in [0.2, 0.25) is 0 Å². The molecule has 1 amide bonds. The Balaban J connectivity index is 1.67. The van der Waals surface area contributed by atoms with Gasteiger partial charge in [0.2, 0.25) is 0 Å². The summed E-state index contributed by atoms with van der Waals surface area (Å²) in [5, 5.41) is 9.01. The van der Waals surface area contributed by atoms with Crippen molar-refractivity contribution in [2.45, 2.75) is 33.4 Å². The molecule has 2 aromatic heterocycles. The van der Waals surface area contributed by atoms with Crippen molar-refractivity contribution in [1.29, 1.82) is 0 Å². The number of aryl methyl sites for hydroxylation is 2. The minimum Gasteiger partial charge on any atom is -0.377 e. The fourth-order valence-corrected chi connectivity index (χ4v) is 4.05. The number of nitrogens with zero attached hydrogens (tertiary/aromatic N) is 5. The molecule has 1 aliphatic rings. The van der Waals surface area contributed by atoms with Crippen molar-refractivity contribution in [2.75, 3.05) is 19.8 Å². The fourth-order valence-electron chi connectivity index (χ4n) is 4.05. The van der Waals surface area contributed by atoms with E-state index in [1.54, 1.807) is 10.9 Å². The highest BCUT2D eigenvalue weighted by atomic mass is 16.5. The Kier molecular flexibility index (Phi) is 5.24. The number of carbonyl (C=O) groups excluding carboxylic acids is 1. The molecule has 152 valence electrons. The Morgan fingerprint density at radius 1 is 1.17 bits per heavy atom. The molecule has 1 unspecified atom stereocenters. The predicted molar refractivity (Wildman–Crippen MR) is 110 cm³/mol. The van der Waals surface area contributed by atoms with Crippen LogP contribution in [-0.2, 0) is 18.3 Å². The summed E-state index contributed by atoms with van der Waals surface area (Å²) < 4.78 is 9.53. The van der Waals surface area contributed by atoms with Crippen LogP contribution in [0.1, 0.15) is 44.6 Å². The van der Waals surface area contributed by atoms with Gasteiger partial charge in [0.25, 0.3) is 5.91 Å². The average Bonchev–Trinajstić information content (AvgIpc) is 3.20. The summed E-state index contributed by atoms with van der Waals surface area (Å²) in [6.07, 6.45) is 1.66. The van der Waals surface area contributed by atoms with Gasteiger partial charge in [-0.15, -0.1) is 0 Å². The Morgan fingerprint density at radius 2 is 1.93 bits per heavy atom. The van der Waals surface area contributed by atoms with E-state index in [9.17, 15) is 4.79 Å². The maximum Gasteiger partial charge on any atom is 0.257 e. The van der Waals surface area contributed by atoms with Crippen molar-refractivity contribution in [3.05, 3.63) is 70.3 Å². The molecule has 29 heavy (non-hydrogen) atoms. The lowest BCUT2D eigenvalue weighted by Gasteiger charge is -2.36. The highest BCUT2D eigenvalue weighted by molar-refractivity contribution is 5.95. The van der Waals surface area contributed by atoms with E-state index in [4.69, 9.17) is 9.84 Å². The third kappa shape index (κ3) is 3.58. The van der Waals surface area contributed by atoms with Gasteiger partial charge < -0.3 is 9.64 Å². The molecule has 0 N–H and O–H groups in total. The van der Waals surface area contributed by atoms with Crippen LogP contribution >= 0.6 is 0 Å². The van der Waals surface area contributed by atoms with Gasteiger partial charge in [-0.1, -0.05) is 30.3 Å². The summed E-state index contributed by atoms with van der Waals surface area (Å²) in [4.78, 5) is 15.2.